The van der Waals surface area contributed by atoms with E-state index in [9.17, 15) is 0 Å². The lowest BCUT2D eigenvalue weighted by Gasteiger charge is -2.43. The molecular weight excluding hydrogens is 561 g/mol. The lowest BCUT2D eigenvalue weighted by molar-refractivity contribution is 1.15. The van der Waals surface area contributed by atoms with Crippen LogP contribution in [0.25, 0.3) is 0 Å². The van der Waals surface area contributed by atoms with E-state index >= 15 is 0 Å². The van der Waals surface area contributed by atoms with Crippen molar-refractivity contribution in [2.75, 3.05) is 14.7 Å². The summed E-state index contributed by atoms with van der Waals surface area (Å²) in [7, 11) is 0. The summed E-state index contributed by atoms with van der Waals surface area (Å²) in [5, 5.41) is 0. The quantitative estimate of drug-likeness (QED) is 0.190. The number of rotatable bonds is 5. The predicted octanol–water partition coefficient (Wildman–Crippen LogP) is 8.03. The highest BCUT2D eigenvalue weighted by Crippen LogP contribution is 2.43. The number of benzene rings is 5. The number of hydrogen-bond acceptors (Lipinski definition) is 5. The third-order valence-electron chi connectivity index (χ3n) is 8.89. The number of pyridine rings is 2. The summed E-state index contributed by atoms with van der Waals surface area (Å²) < 4.78 is 0. The van der Waals surface area contributed by atoms with Crippen molar-refractivity contribution in [1.82, 2.24) is 9.97 Å². The Labute approximate surface area is 268 Å². The fraction of sp³-hybridized carbons (Fsp3) is 0. The third kappa shape index (κ3) is 4.11. The highest BCUT2D eigenvalue weighted by molar-refractivity contribution is 7.00. The smallest absolute Gasteiger partial charge is 0.256 e. The summed E-state index contributed by atoms with van der Waals surface area (Å²) in [6.45, 7) is -0.0642. The van der Waals surface area contributed by atoms with Crippen LogP contribution in [-0.2, 0) is 0 Å². The molecule has 7 aromatic rings. The first-order chi connectivity index (χ1) is 22.9. The Kier molecular flexibility index (Phi) is 6.16. The van der Waals surface area contributed by atoms with Crippen molar-refractivity contribution in [3.8, 4) is 0 Å². The Bertz CT molecular complexity index is 2120. The molecule has 0 spiro atoms. The molecule has 2 aliphatic heterocycles. The largest absolute Gasteiger partial charge is 0.309 e. The monoisotopic (exact) mass is 589 g/mol. The SMILES string of the molecule is c1ccc(N(c2ccccc2)c2cnc3c(c2)B2c4cccnc4N(c4ccccc4)c4cccc(c42)N3c2ccccc2)cc1. The van der Waals surface area contributed by atoms with Crippen molar-refractivity contribution >= 4 is 74.5 Å². The third-order valence-corrected chi connectivity index (χ3v) is 8.89. The lowest BCUT2D eigenvalue weighted by Crippen LogP contribution is -2.61. The first-order valence-electron chi connectivity index (χ1n) is 15.6. The number of nitrogens with zero attached hydrogens (tertiary/aromatic N) is 5. The summed E-state index contributed by atoms with van der Waals surface area (Å²) in [6, 6.07) is 55.3. The van der Waals surface area contributed by atoms with E-state index in [0.717, 1.165) is 62.4 Å². The van der Waals surface area contributed by atoms with E-state index in [2.05, 4.69) is 172 Å². The van der Waals surface area contributed by atoms with Gasteiger partial charge in [0, 0.05) is 40.3 Å². The molecule has 0 amide bonds. The average Bonchev–Trinajstić information content (AvgIpc) is 3.13. The standard InChI is InChI=1S/C40H28BN5/c1-5-15-29(16-6-1)44(30-17-7-2-8-18-30)33-27-35-40(43-28-33)46(32-21-11-4-12-22-32)37-25-13-24-36-38(37)41(35)34-23-14-26-42-39(34)45(36)31-19-9-3-10-20-31/h1-28H. The molecule has 0 saturated heterocycles. The molecule has 5 nitrogen and oxygen atoms in total. The summed E-state index contributed by atoms with van der Waals surface area (Å²) >= 11 is 0. The van der Waals surface area contributed by atoms with E-state index in [1.807, 2.05) is 12.4 Å². The van der Waals surface area contributed by atoms with Crippen LogP contribution in [0.3, 0.4) is 0 Å². The van der Waals surface area contributed by atoms with Gasteiger partial charge in [0.05, 0.1) is 11.9 Å². The zero-order valence-corrected chi connectivity index (χ0v) is 25.0. The molecule has 2 aliphatic rings. The number of fused-ring (bicyclic) bond motifs is 4. The average molecular weight is 590 g/mol. The molecule has 0 fully saturated rings. The van der Waals surface area contributed by atoms with Gasteiger partial charge in [-0.05, 0) is 89.2 Å². The van der Waals surface area contributed by atoms with E-state index in [4.69, 9.17) is 9.97 Å². The topological polar surface area (TPSA) is 35.5 Å². The second-order valence-corrected chi connectivity index (χ2v) is 11.5. The molecule has 0 aliphatic carbocycles. The summed E-state index contributed by atoms with van der Waals surface area (Å²) in [5.41, 5.74) is 11.1. The highest BCUT2D eigenvalue weighted by Gasteiger charge is 2.44. The van der Waals surface area contributed by atoms with Gasteiger partial charge in [0.15, 0.2) is 0 Å². The first kappa shape index (κ1) is 26.3. The Morgan fingerprint density at radius 3 is 1.54 bits per heavy atom. The van der Waals surface area contributed by atoms with Crippen LogP contribution in [0.4, 0.5) is 51.4 Å². The predicted molar refractivity (Wildman–Crippen MR) is 191 cm³/mol. The first-order valence-corrected chi connectivity index (χ1v) is 15.6. The second-order valence-electron chi connectivity index (χ2n) is 11.5. The Morgan fingerprint density at radius 1 is 0.457 bits per heavy atom. The zero-order valence-electron chi connectivity index (χ0n) is 25.0. The van der Waals surface area contributed by atoms with Crippen LogP contribution in [0.2, 0.25) is 0 Å². The van der Waals surface area contributed by atoms with Crippen molar-refractivity contribution in [3.63, 3.8) is 0 Å². The van der Waals surface area contributed by atoms with E-state index in [-0.39, 0.29) is 6.71 Å². The Hall–Kier alpha value is -6.14. The minimum Gasteiger partial charge on any atom is -0.309 e. The van der Waals surface area contributed by atoms with Gasteiger partial charge >= 0.3 is 0 Å². The highest BCUT2D eigenvalue weighted by atomic mass is 15.2. The molecule has 216 valence electrons. The van der Waals surface area contributed by atoms with Crippen LogP contribution in [-0.4, -0.2) is 16.7 Å². The van der Waals surface area contributed by atoms with Gasteiger partial charge in [0.25, 0.3) is 6.71 Å². The van der Waals surface area contributed by atoms with Gasteiger partial charge in [0.1, 0.15) is 11.6 Å². The maximum atomic E-state index is 5.30. The van der Waals surface area contributed by atoms with Gasteiger partial charge < -0.3 is 4.90 Å². The van der Waals surface area contributed by atoms with Crippen LogP contribution >= 0.6 is 0 Å². The second kappa shape index (κ2) is 10.8. The molecule has 6 heteroatoms. The number of hydrogen-bond donors (Lipinski definition) is 0. The molecule has 0 saturated carbocycles. The fourth-order valence-electron chi connectivity index (χ4n) is 7.02. The Balaban J connectivity index is 1.33. The lowest BCUT2D eigenvalue weighted by atomic mass is 9.34. The number of anilines is 9. The number of aromatic nitrogens is 2. The molecule has 2 aromatic heterocycles. The van der Waals surface area contributed by atoms with Crippen LogP contribution in [0.15, 0.2) is 170 Å². The molecule has 0 atom stereocenters. The van der Waals surface area contributed by atoms with Crippen LogP contribution in [0.5, 0.6) is 0 Å². The van der Waals surface area contributed by atoms with Gasteiger partial charge in [0.2, 0.25) is 0 Å². The minimum atomic E-state index is -0.0642. The minimum absolute atomic E-state index is 0.0642. The van der Waals surface area contributed by atoms with E-state index in [0.29, 0.717) is 0 Å². The molecule has 0 bridgehead atoms. The van der Waals surface area contributed by atoms with Crippen molar-refractivity contribution in [3.05, 3.63) is 170 Å². The van der Waals surface area contributed by atoms with E-state index in [1.165, 1.54) is 5.46 Å². The van der Waals surface area contributed by atoms with Crippen molar-refractivity contribution in [2.24, 2.45) is 0 Å². The summed E-state index contributed by atoms with van der Waals surface area (Å²) in [4.78, 5) is 17.2. The molecule has 5 aromatic carbocycles. The van der Waals surface area contributed by atoms with Crippen molar-refractivity contribution in [2.45, 2.75) is 0 Å². The van der Waals surface area contributed by atoms with Crippen LogP contribution < -0.4 is 31.1 Å². The molecule has 46 heavy (non-hydrogen) atoms. The molecule has 4 heterocycles. The Morgan fingerprint density at radius 2 is 0.978 bits per heavy atom. The molecule has 0 N–H and O–H groups in total. The normalized spacial score (nSPS) is 12.7. The molecule has 0 radical (unpaired) electrons. The van der Waals surface area contributed by atoms with Crippen LogP contribution in [0.1, 0.15) is 0 Å². The number of para-hydroxylation sites is 4. The zero-order chi connectivity index (χ0) is 30.5. The molecule has 0 unspecified atom stereocenters. The summed E-state index contributed by atoms with van der Waals surface area (Å²) in [6.07, 6.45) is 3.90. The van der Waals surface area contributed by atoms with Gasteiger partial charge in [-0.15, -0.1) is 0 Å². The van der Waals surface area contributed by atoms with Gasteiger partial charge in [-0.3, -0.25) is 9.80 Å². The maximum Gasteiger partial charge on any atom is 0.256 e. The molecule has 9 rings (SSSR count). The summed E-state index contributed by atoms with van der Waals surface area (Å²) in [5.74, 6) is 1.87. The van der Waals surface area contributed by atoms with Crippen molar-refractivity contribution < 1.29 is 0 Å². The molecular formula is C40H28BN5. The van der Waals surface area contributed by atoms with Gasteiger partial charge in [-0.25, -0.2) is 9.97 Å². The van der Waals surface area contributed by atoms with Gasteiger partial charge in [-0.1, -0.05) is 84.9 Å². The maximum absolute atomic E-state index is 5.30. The van der Waals surface area contributed by atoms with E-state index < -0.39 is 0 Å². The van der Waals surface area contributed by atoms with Crippen molar-refractivity contribution in [1.29, 1.82) is 0 Å². The van der Waals surface area contributed by atoms with Gasteiger partial charge in [-0.2, -0.15) is 0 Å². The fourth-order valence-corrected chi connectivity index (χ4v) is 7.02. The van der Waals surface area contributed by atoms with Crippen LogP contribution in [0, 0.1) is 0 Å². The van der Waals surface area contributed by atoms with E-state index in [1.54, 1.807) is 0 Å².